The van der Waals surface area contributed by atoms with Gasteiger partial charge in [0, 0.05) is 12.6 Å². The monoisotopic (exact) mass is 281 g/mol. The highest BCUT2D eigenvalue weighted by molar-refractivity contribution is 5.84. The molecule has 4 nitrogen and oxygen atoms in total. The van der Waals surface area contributed by atoms with E-state index >= 15 is 0 Å². The van der Waals surface area contributed by atoms with E-state index in [-0.39, 0.29) is 5.91 Å². The van der Waals surface area contributed by atoms with Crippen molar-refractivity contribution in [3.63, 3.8) is 0 Å². The van der Waals surface area contributed by atoms with Crippen LogP contribution in [0.4, 0.5) is 0 Å². The molecule has 0 aromatic rings. The number of primary amides is 1. The molecule has 0 radical (unpaired) electrons. The Morgan fingerprint density at radius 3 is 2.70 bits per heavy atom. The van der Waals surface area contributed by atoms with Crippen LogP contribution in [0.1, 0.15) is 58.8 Å². The van der Waals surface area contributed by atoms with Crippen molar-refractivity contribution < 1.29 is 4.79 Å². The van der Waals surface area contributed by atoms with Gasteiger partial charge < -0.3 is 16.0 Å². The lowest BCUT2D eigenvalue weighted by molar-refractivity contribution is -0.124. The zero-order chi connectivity index (χ0) is 14.6. The fourth-order valence-electron chi connectivity index (χ4n) is 3.25. The predicted molar refractivity (Wildman–Crippen MR) is 82.4 cm³/mol. The zero-order valence-electron chi connectivity index (χ0n) is 13.2. The lowest BCUT2D eigenvalue weighted by atomic mass is 9.93. The largest absolute Gasteiger partial charge is 0.368 e. The minimum atomic E-state index is -0.504. The first-order valence-electron chi connectivity index (χ1n) is 8.29. The van der Waals surface area contributed by atoms with Crippen LogP contribution in [0.3, 0.4) is 0 Å². The van der Waals surface area contributed by atoms with Gasteiger partial charge in [0.15, 0.2) is 0 Å². The van der Waals surface area contributed by atoms with Crippen LogP contribution in [0, 0.1) is 5.92 Å². The van der Waals surface area contributed by atoms with Gasteiger partial charge in [0.05, 0.1) is 5.54 Å². The van der Waals surface area contributed by atoms with Gasteiger partial charge in [-0.3, -0.25) is 4.79 Å². The number of piperidine rings is 1. The number of carbonyl (C=O) groups excluding carboxylic acids is 1. The first-order valence-corrected chi connectivity index (χ1v) is 8.29. The summed E-state index contributed by atoms with van der Waals surface area (Å²) in [4.78, 5) is 14.2. The van der Waals surface area contributed by atoms with Crippen molar-refractivity contribution in [3.8, 4) is 0 Å². The van der Waals surface area contributed by atoms with Crippen molar-refractivity contribution in [2.45, 2.75) is 70.4 Å². The Morgan fingerprint density at radius 2 is 2.10 bits per heavy atom. The van der Waals surface area contributed by atoms with Crippen molar-refractivity contribution in [2.24, 2.45) is 11.7 Å². The van der Waals surface area contributed by atoms with E-state index in [9.17, 15) is 4.79 Å². The third-order valence-corrected chi connectivity index (χ3v) is 4.79. The Balaban J connectivity index is 1.66. The number of hydrogen-bond donors (Lipinski definition) is 2. The van der Waals surface area contributed by atoms with Crippen molar-refractivity contribution in [2.75, 3.05) is 19.6 Å². The molecule has 1 amide bonds. The number of likely N-dealkylation sites (tertiary alicyclic amines) is 1. The Kier molecular flexibility index (Phi) is 5.44. The maximum atomic E-state index is 11.7. The van der Waals surface area contributed by atoms with E-state index in [1.165, 1.54) is 51.7 Å². The van der Waals surface area contributed by atoms with E-state index in [1.54, 1.807) is 0 Å². The minimum Gasteiger partial charge on any atom is -0.368 e. The molecule has 2 atom stereocenters. The van der Waals surface area contributed by atoms with Crippen LogP contribution in [0.2, 0.25) is 0 Å². The summed E-state index contributed by atoms with van der Waals surface area (Å²) in [6, 6.07) is 0.524. The second-order valence-electron chi connectivity index (χ2n) is 7.12. The second kappa shape index (κ2) is 6.90. The van der Waals surface area contributed by atoms with E-state index in [1.807, 2.05) is 6.92 Å². The van der Waals surface area contributed by atoms with Gasteiger partial charge >= 0.3 is 0 Å². The molecule has 2 rings (SSSR count). The molecule has 20 heavy (non-hydrogen) atoms. The molecular formula is C16H31N3O. The predicted octanol–water partition coefficient (Wildman–Crippen LogP) is 1.88. The summed E-state index contributed by atoms with van der Waals surface area (Å²) in [5.74, 6) is 0.646. The van der Waals surface area contributed by atoms with Crippen LogP contribution in [0.25, 0.3) is 0 Å². The molecule has 2 aliphatic rings. The number of unbranched alkanes of at least 4 members (excludes halogenated alkanes) is 1. The van der Waals surface area contributed by atoms with Gasteiger partial charge in [0.1, 0.15) is 0 Å². The summed E-state index contributed by atoms with van der Waals surface area (Å²) < 4.78 is 0. The van der Waals surface area contributed by atoms with Crippen molar-refractivity contribution >= 4 is 5.91 Å². The van der Waals surface area contributed by atoms with Crippen LogP contribution < -0.4 is 11.1 Å². The molecule has 2 unspecified atom stereocenters. The Hall–Kier alpha value is -0.610. The van der Waals surface area contributed by atoms with Gasteiger partial charge in [-0.15, -0.1) is 0 Å². The molecule has 1 saturated heterocycles. The normalized spacial score (nSPS) is 27.2. The van der Waals surface area contributed by atoms with Gasteiger partial charge in [0.25, 0.3) is 0 Å². The molecule has 1 saturated carbocycles. The number of nitrogens with zero attached hydrogens (tertiary/aromatic N) is 1. The summed E-state index contributed by atoms with van der Waals surface area (Å²) in [5.41, 5.74) is 5.07. The molecule has 2 fully saturated rings. The molecule has 0 aromatic heterocycles. The molecule has 116 valence electrons. The smallest absolute Gasteiger partial charge is 0.237 e. The number of amides is 1. The number of nitrogens with two attached hydrogens (primary N) is 1. The van der Waals surface area contributed by atoms with Crippen LogP contribution in [-0.2, 0) is 4.79 Å². The fourth-order valence-corrected chi connectivity index (χ4v) is 3.25. The zero-order valence-corrected chi connectivity index (χ0v) is 13.2. The Bertz CT molecular complexity index is 330. The van der Waals surface area contributed by atoms with E-state index in [0.717, 1.165) is 18.8 Å². The fraction of sp³-hybridized carbons (Fsp3) is 0.938. The van der Waals surface area contributed by atoms with Gasteiger partial charge in [0.2, 0.25) is 5.91 Å². The number of hydrogen-bond acceptors (Lipinski definition) is 3. The average Bonchev–Trinajstić information content (AvgIpc) is 3.18. The van der Waals surface area contributed by atoms with Gasteiger partial charge in [-0.2, -0.15) is 0 Å². The molecule has 1 aliphatic heterocycles. The van der Waals surface area contributed by atoms with E-state index in [2.05, 4.69) is 17.1 Å². The number of rotatable bonds is 8. The molecular weight excluding hydrogens is 250 g/mol. The Labute approximate surface area is 123 Å². The first-order chi connectivity index (χ1) is 9.49. The van der Waals surface area contributed by atoms with Crippen LogP contribution in [-0.4, -0.2) is 42.0 Å². The Morgan fingerprint density at radius 1 is 1.35 bits per heavy atom. The SMILES string of the molecule is CC1CCCN(CCCCC(C)(NC2CC2)C(N)=O)C1. The first kappa shape index (κ1) is 15.8. The molecule has 0 bridgehead atoms. The third-order valence-electron chi connectivity index (χ3n) is 4.79. The molecule has 0 aromatic carbocycles. The summed E-state index contributed by atoms with van der Waals surface area (Å²) in [6.07, 6.45) is 8.20. The highest BCUT2D eigenvalue weighted by Crippen LogP contribution is 2.25. The van der Waals surface area contributed by atoms with Crippen molar-refractivity contribution in [3.05, 3.63) is 0 Å². The maximum Gasteiger partial charge on any atom is 0.237 e. The summed E-state index contributed by atoms with van der Waals surface area (Å²) >= 11 is 0. The maximum absolute atomic E-state index is 11.7. The standard InChI is InChI=1S/C16H31N3O/c1-13-6-5-11-19(12-13)10-4-3-9-16(2,15(17)20)18-14-7-8-14/h13-14,18H,3-12H2,1-2H3,(H2,17,20). The van der Waals surface area contributed by atoms with E-state index in [4.69, 9.17) is 5.73 Å². The van der Waals surface area contributed by atoms with Gasteiger partial charge in [-0.25, -0.2) is 0 Å². The molecule has 3 N–H and O–H groups in total. The number of carbonyl (C=O) groups is 1. The molecule has 1 aliphatic carbocycles. The lowest BCUT2D eigenvalue weighted by Gasteiger charge is -2.31. The summed E-state index contributed by atoms with van der Waals surface area (Å²) in [5, 5.41) is 3.42. The summed E-state index contributed by atoms with van der Waals surface area (Å²) in [6.45, 7) is 7.97. The topological polar surface area (TPSA) is 58.4 Å². The van der Waals surface area contributed by atoms with Gasteiger partial charge in [-0.1, -0.05) is 6.92 Å². The average molecular weight is 281 g/mol. The van der Waals surface area contributed by atoms with Crippen molar-refractivity contribution in [1.29, 1.82) is 0 Å². The van der Waals surface area contributed by atoms with Crippen LogP contribution in [0.15, 0.2) is 0 Å². The number of nitrogens with one attached hydrogen (secondary N) is 1. The molecule has 1 heterocycles. The third kappa shape index (κ3) is 4.74. The molecule has 0 spiro atoms. The highest BCUT2D eigenvalue weighted by atomic mass is 16.1. The summed E-state index contributed by atoms with van der Waals surface area (Å²) in [7, 11) is 0. The minimum absolute atomic E-state index is 0.198. The quantitative estimate of drug-likeness (QED) is 0.668. The van der Waals surface area contributed by atoms with E-state index in [0.29, 0.717) is 6.04 Å². The van der Waals surface area contributed by atoms with Crippen molar-refractivity contribution in [1.82, 2.24) is 10.2 Å². The lowest BCUT2D eigenvalue weighted by Crippen LogP contribution is -2.54. The van der Waals surface area contributed by atoms with Crippen LogP contribution in [0.5, 0.6) is 0 Å². The molecule has 4 heteroatoms. The second-order valence-corrected chi connectivity index (χ2v) is 7.12. The highest BCUT2D eigenvalue weighted by Gasteiger charge is 2.36. The van der Waals surface area contributed by atoms with Gasteiger partial charge in [-0.05, 0) is 70.9 Å². The van der Waals surface area contributed by atoms with Crippen LogP contribution >= 0.6 is 0 Å². The van der Waals surface area contributed by atoms with E-state index < -0.39 is 5.54 Å².